The van der Waals surface area contributed by atoms with Gasteiger partial charge in [-0.15, -0.1) is 0 Å². The molecule has 1 saturated carbocycles. The van der Waals surface area contributed by atoms with Crippen molar-refractivity contribution < 1.29 is 0 Å². The van der Waals surface area contributed by atoms with E-state index >= 15 is 0 Å². The first-order valence-electron chi connectivity index (χ1n) is 5.17. The molecule has 1 rings (SSSR count). The molecule has 0 saturated heterocycles. The maximum atomic E-state index is 2.57. The molecule has 0 unspecified atom stereocenters. The van der Waals surface area contributed by atoms with Crippen molar-refractivity contribution in [3.63, 3.8) is 0 Å². The summed E-state index contributed by atoms with van der Waals surface area (Å²) in [5.74, 6) is 0. The molecule has 0 aliphatic heterocycles. The van der Waals surface area contributed by atoms with Crippen LogP contribution in [0.5, 0.6) is 0 Å². The molecule has 0 heterocycles. The van der Waals surface area contributed by atoms with E-state index in [-0.39, 0.29) is 0 Å². The number of hydrogen-bond acceptors (Lipinski definition) is 0. The first-order chi connectivity index (χ1) is 5.17. The van der Waals surface area contributed by atoms with E-state index in [2.05, 4.69) is 20.3 Å². The van der Waals surface area contributed by atoms with Gasteiger partial charge in [-0.25, -0.2) is 0 Å². The molecule has 0 nitrogen and oxygen atoms in total. The molecule has 1 fully saturated rings. The third-order valence-corrected chi connectivity index (χ3v) is 8.23. The van der Waals surface area contributed by atoms with E-state index in [1.54, 1.807) is 12.8 Å². The summed E-state index contributed by atoms with van der Waals surface area (Å²) in [4.78, 5) is 0. The van der Waals surface area contributed by atoms with Gasteiger partial charge in [-0.2, -0.15) is 0 Å². The molecule has 0 aromatic heterocycles. The Balaban J connectivity index is 2.43. The molecule has 0 atom stereocenters. The second kappa shape index (κ2) is 3.90. The van der Waals surface area contributed by atoms with Gasteiger partial charge in [0, 0.05) is 0 Å². The Morgan fingerprint density at radius 2 is 1.64 bits per heavy atom. The Labute approximate surface area is 72.1 Å². The summed E-state index contributed by atoms with van der Waals surface area (Å²) in [6.45, 7) is 7.53. The molecular weight excluding hydrogens is 151 g/mol. The quantitative estimate of drug-likeness (QED) is 0.563. The normalized spacial score (nSPS) is 23.5. The third-order valence-electron chi connectivity index (χ3n) is 3.62. The molecule has 68 valence electrons. The van der Waals surface area contributed by atoms with Crippen molar-refractivity contribution >= 4 is 7.26 Å². The SMILES string of the molecule is CC[PH](C)(C)C1CCCCC1. The molecule has 0 bridgehead atoms. The predicted octanol–water partition coefficient (Wildman–Crippen LogP) is 3.35. The van der Waals surface area contributed by atoms with Gasteiger partial charge in [-0.1, -0.05) is 0 Å². The van der Waals surface area contributed by atoms with Crippen LogP contribution < -0.4 is 0 Å². The van der Waals surface area contributed by atoms with Crippen molar-refractivity contribution in [1.29, 1.82) is 0 Å². The van der Waals surface area contributed by atoms with Crippen molar-refractivity contribution in [3.8, 4) is 0 Å². The number of rotatable bonds is 2. The Kier molecular flexibility index (Phi) is 3.37. The first kappa shape index (κ1) is 9.52. The molecule has 0 aromatic carbocycles. The Morgan fingerprint density at radius 1 is 1.09 bits per heavy atom. The van der Waals surface area contributed by atoms with E-state index in [1.807, 2.05) is 0 Å². The van der Waals surface area contributed by atoms with Crippen LogP contribution in [-0.4, -0.2) is 25.2 Å². The van der Waals surface area contributed by atoms with Gasteiger partial charge in [-0.05, 0) is 0 Å². The van der Waals surface area contributed by atoms with Gasteiger partial charge in [0.15, 0.2) is 0 Å². The molecule has 1 heteroatoms. The molecule has 0 spiro atoms. The van der Waals surface area contributed by atoms with Gasteiger partial charge < -0.3 is 0 Å². The minimum absolute atomic E-state index is 0.776. The summed E-state index contributed by atoms with van der Waals surface area (Å²) in [5.41, 5.74) is 1.15. The van der Waals surface area contributed by atoms with Crippen LogP contribution in [0.25, 0.3) is 0 Å². The summed E-state index contributed by atoms with van der Waals surface area (Å²) in [6.07, 6.45) is 9.12. The molecule has 0 N–H and O–H groups in total. The van der Waals surface area contributed by atoms with Crippen molar-refractivity contribution in [2.45, 2.75) is 44.7 Å². The van der Waals surface area contributed by atoms with E-state index in [9.17, 15) is 0 Å². The second-order valence-corrected chi connectivity index (χ2v) is 10.2. The fourth-order valence-electron chi connectivity index (χ4n) is 2.17. The van der Waals surface area contributed by atoms with Gasteiger partial charge in [0.2, 0.25) is 0 Å². The van der Waals surface area contributed by atoms with Crippen LogP contribution in [0.1, 0.15) is 39.0 Å². The molecule has 0 amide bonds. The van der Waals surface area contributed by atoms with Gasteiger partial charge >= 0.3 is 71.4 Å². The molecular formula is C10H23P. The fraction of sp³-hybridized carbons (Fsp3) is 1.00. The Bertz CT molecular complexity index is 112. The third kappa shape index (κ3) is 2.44. The molecule has 0 radical (unpaired) electrons. The number of hydrogen-bond donors (Lipinski definition) is 0. The standard InChI is InChI=1S/C10H23P/c1-4-11(2,3)10-8-6-5-7-9-10/h10-11H,4-9H2,1-3H3. The van der Waals surface area contributed by atoms with Crippen LogP contribution in [0.4, 0.5) is 0 Å². The minimum atomic E-state index is -0.776. The molecule has 1 aliphatic rings. The van der Waals surface area contributed by atoms with Crippen LogP contribution in [0.3, 0.4) is 0 Å². The monoisotopic (exact) mass is 174 g/mol. The zero-order valence-electron chi connectivity index (χ0n) is 8.32. The second-order valence-electron chi connectivity index (χ2n) is 4.68. The van der Waals surface area contributed by atoms with Gasteiger partial charge in [-0.3, -0.25) is 0 Å². The summed E-state index contributed by atoms with van der Waals surface area (Å²) in [6, 6.07) is 0. The zero-order valence-corrected chi connectivity index (χ0v) is 9.32. The van der Waals surface area contributed by atoms with Crippen LogP contribution in [-0.2, 0) is 0 Å². The van der Waals surface area contributed by atoms with Crippen LogP contribution >= 0.6 is 7.26 Å². The van der Waals surface area contributed by atoms with Gasteiger partial charge in [0.1, 0.15) is 0 Å². The van der Waals surface area contributed by atoms with Crippen molar-refractivity contribution in [1.82, 2.24) is 0 Å². The first-order valence-corrected chi connectivity index (χ1v) is 8.45. The fourth-order valence-corrected chi connectivity index (χ4v) is 4.72. The van der Waals surface area contributed by atoms with Gasteiger partial charge in [0.05, 0.1) is 0 Å². The summed E-state index contributed by atoms with van der Waals surface area (Å²) >= 11 is 0. The topological polar surface area (TPSA) is 0 Å². The average molecular weight is 174 g/mol. The average Bonchev–Trinajstić information content (AvgIpc) is 2.06. The van der Waals surface area contributed by atoms with E-state index in [0.29, 0.717) is 0 Å². The van der Waals surface area contributed by atoms with E-state index in [0.717, 1.165) is 5.66 Å². The Morgan fingerprint density at radius 3 is 2.09 bits per heavy atom. The van der Waals surface area contributed by atoms with Crippen LogP contribution in [0.15, 0.2) is 0 Å². The maximum absolute atomic E-state index is 2.57. The summed E-state index contributed by atoms with van der Waals surface area (Å²) in [5, 5.41) is 0. The van der Waals surface area contributed by atoms with E-state index in [4.69, 9.17) is 0 Å². The van der Waals surface area contributed by atoms with Crippen LogP contribution in [0.2, 0.25) is 0 Å². The Hall–Kier alpha value is 0.430. The van der Waals surface area contributed by atoms with Gasteiger partial charge in [0.25, 0.3) is 0 Å². The van der Waals surface area contributed by atoms with E-state index < -0.39 is 7.26 Å². The van der Waals surface area contributed by atoms with Crippen molar-refractivity contribution in [2.75, 3.05) is 19.5 Å². The van der Waals surface area contributed by atoms with E-state index in [1.165, 1.54) is 25.4 Å². The van der Waals surface area contributed by atoms with Crippen LogP contribution in [0, 0.1) is 0 Å². The summed E-state index contributed by atoms with van der Waals surface area (Å²) in [7, 11) is -0.776. The summed E-state index contributed by atoms with van der Waals surface area (Å²) < 4.78 is 0. The zero-order chi connectivity index (χ0) is 8.32. The molecule has 11 heavy (non-hydrogen) atoms. The predicted molar refractivity (Wildman–Crippen MR) is 57.6 cm³/mol. The molecule has 1 aliphatic carbocycles. The van der Waals surface area contributed by atoms with Crippen molar-refractivity contribution in [3.05, 3.63) is 0 Å². The van der Waals surface area contributed by atoms with Crippen molar-refractivity contribution in [2.24, 2.45) is 0 Å². The molecule has 0 aromatic rings.